The van der Waals surface area contributed by atoms with E-state index in [9.17, 15) is 13.2 Å². The lowest BCUT2D eigenvalue weighted by atomic mass is 10.1. The molecule has 0 aliphatic carbocycles. The lowest BCUT2D eigenvalue weighted by Gasteiger charge is -2.17. The summed E-state index contributed by atoms with van der Waals surface area (Å²) in [5.41, 5.74) is 0.380. The van der Waals surface area contributed by atoms with Gasteiger partial charge < -0.3 is 5.32 Å². The van der Waals surface area contributed by atoms with Crippen LogP contribution in [0, 0.1) is 17.5 Å². The van der Waals surface area contributed by atoms with Gasteiger partial charge in [-0.05, 0) is 37.3 Å². The van der Waals surface area contributed by atoms with E-state index in [0.717, 1.165) is 10.5 Å². The number of halogens is 4. The average Bonchev–Trinajstić information content (AvgIpc) is 2.38. The molecule has 0 fully saturated rings. The summed E-state index contributed by atoms with van der Waals surface area (Å²) >= 11 is 3.25. The fourth-order valence-corrected chi connectivity index (χ4v) is 2.15. The molecule has 0 amide bonds. The second kappa shape index (κ2) is 5.65. The van der Waals surface area contributed by atoms with Gasteiger partial charge in [0, 0.05) is 10.0 Å². The van der Waals surface area contributed by atoms with Gasteiger partial charge in [-0.25, -0.2) is 13.2 Å². The highest BCUT2D eigenvalue weighted by Gasteiger charge is 2.14. The zero-order valence-electron chi connectivity index (χ0n) is 10.1. The summed E-state index contributed by atoms with van der Waals surface area (Å²) in [4.78, 5) is 0. The minimum Gasteiger partial charge on any atom is -0.376 e. The molecule has 100 valence electrons. The van der Waals surface area contributed by atoms with Gasteiger partial charge in [0.1, 0.15) is 5.82 Å². The zero-order chi connectivity index (χ0) is 14.0. The van der Waals surface area contributed by atoms with Crippen molar-refractivity contribution < 1.29 is 13.2 Å². The van der Waals surface area contributed by atoms with E-state index in [1.54, 1.807) is 19.1 Å². The van der Waals surface area contributed by atoms with Crippen LogP contribution in [0.25, 0.3) is 0 Å². The minimum absolute atomic E-state index is 0.00637. The molecule has 1 N–H and O–H groups in total. The normalized spacial score (nSPS) is 12.3. The number of benzene rings is 2. The first-order valence-corrected chi connectivity index (χ1v) is 6.44. The maximum atomic E-state index is 13.7. The largest absolute Gasteiger partial charge is 0.376 e. The second-order valence-corrected chi connectivity index (χ2v) is 5.05. The molecule has 2 aromatic carbocycles. The smallest absolute Gasteiger partial charge is 0.181 e. The minimum atomic E-state index is -0.968. The number of hydrogen-bond donors (Lipinski definition) is 1. The van der Waals surface area contributed by atoms with E-state index < -0.39 is 23.5 Å². The number of anilines is 1. The summed E-state index contributed by atoms with van der Waals surface area (Å²) < 4.78 is 41.0. The molecule has 19 heavy (non-hydrogen) atoms. The molecule has 0 spiro atoms. The molecule has 1 atom stereocenters. The second-order valence-electron chi connectivity index (χ2n) is 4.13. The van der Waals surface area contributed by atoms with Gasteiger partial charge in [0.15, 0.2) is 11.6 Å². The van der Waals surface area contributed by atoms with Crippen molar-refractivity contribution in [3.05, 3.63) is 63.9 Å². The third-order valence-corrected chi connectivity index (χ3v) is 3.24. The van der Waals surface area contributed by atoms with E-state index in [1.807, 2.05) is 0 Å². The Hall–Kier alpha value is -1.49. The molecule has 0 aliphatic rings. The highest BCUT2D eigenvalue weighted by Crippen LogP contribution is 2.26. The van der Waals surface area contributed by atoms with Gasteiger partial charge in [0.05, 0.1) is 11.7 Å². The highest BCUT2D eigenvalue weighted by molar-refractivity contribution is 9.10. The molecule has 2 rings (SSSR count). The van der Waals surface area contributed by atoms with Gasteiger partial charge in [-0.3, -0.25) is 0 Å². The average molecular weight is 330 g/mol. The molecule has 0 aliphatic heterocycles. The Morgan fingerprint density at radius 1 is 1.05 bits per heavy atom. The Balaban J connectivity index is 2.28. The molecule has 0 saturated carbocycles. The monoisotopic (exact) mass is 329 g/mol. The van der Waals surface area contributed by atoms with Crippen LogP contribution in [0.3, 0.4) is 0 Å². The first-order valence-electron chi connectivity index (χ1n) is 5.64. The number of rotatable bonds is 3. The maximum absolute atomic E-state index is 13.7. The van der Waals surface area contributed by atoms with Crippen LogP contribution in [0.4, 0.5) is 18.9 Å². The lowest BCUT2D eigenvalue weighted by molar-refractivity contribution is 0.509. The van der Waals surface area contributed by atoms with Gasteiger partial charge >= 0.3 is 0 Å². The van der Waals surface area contributed by atoms with E-state index in [4.69, 9.17) is 0 Å². The van der Waals surface area contributed by atoms with Crippen LogP contribution in [0.15, 0.2) is 40.9 Å². The molecular formula is C14H11BrF3N. The Kier molecular flexibility index (Phi) is 4.14. The van der Waals surface area contributed by atoms with Crippen molar-refractivity contribution in [2.75, 3.05) is 5.32 Å². The molecule has 0 heterocycles. The van der Waals surface area contributed by atoms with Gasteiger partial charge in [-0.1, -0.05) is 22.0 Å². The van der Waals surface area contributed by atoms with Crippen molar-refractivity contribution >= 4 is 21.6 Å². The summed E-state index contributed by atoms with van der Waals surface area (Å²) in [5, 5.41) is 2.76. The molecule has 0 bridgehead atoms. The molecule has 2 aromatic rings. The van der Waals surface area contributed by atoms with Crippen LogP contribution >= 0.6 is 15.9 Å². The molecule has 1 unspecified atom stereocenters. The van der Waals surface area contributed by atoms with Gasteiger partial charge in [0.25, 0.3) is 0 Å². The van der Waals surface area contributed by atoms with E-state index in [-0.39, 0.29) is 5.69 Å². The van der Waals surface area contributed by atoms with Crippen LogP contribution in [-0.2, 0) is 0 Å². The van der Waals surface area contributed by atoms with Crippen molar-refractivity contribution in [2.24, 2.45) is 0 Å². The summed E-state index contributed by atoms with van der Waals surface area (Å²) in [6.07, 6.45) is 0. The number of hydrogen-bond acceptors (Lipinski definition) is 1. The van der Waals surface area contributed by atoms with Crippen LogP contribution in [0.2, 0.25) is 0 Å². The van der Waals surface area contributed by atoms with E-state index in [0.29, 0.717) is 5.56 Å². The zero-order valence-corrected chi connectivity index (χ0v) is 11.6. The van der Waals surface area contributed by atoms with Gasteiger partial charge in [0.2, 0.25) is 0 Å². The Bertz CT molecular complexity index is 601. The Morgan fingerprint density at radius 2 is 1.79 bits per heavy atom. The summed E-state index contributed by atoms with van der Waals surface area (Å²) in [5.74, 6) is -2.31. The molecular weight excluding hydrogens is 319 g/mol. The Morgan fingerprint density at radius 3 is 2.53 bits per heavy atom. The van der Waals surface area contributed by atoms with Crippen LogP contribution < -0.4 is 5.32 Å². The first-order chi connectivity index (χ1) is 8.99. The summed E-state index contributed by atoms with van der Waals surface area (Å²) in [6, 6.07) is 7.84. The van der Waals surface area contributed by atoms with Crippen molar-refractivity contribution in [3.8, 4) is 0 Å². The van der Waals surface area contributed by atoms with Crippen LogP contribution in [0.1, 0.15) is 18.5 Å². The van der Waals surface area contributed by atoms with E-state index in [1.165, 1.54) is 18.2 Å². The van der Waals surface area contributed by atoms with Crippen molar-refractivity contribution in [1.29, 1.82) is 0 Å². The maximum Gasteiger partial charge on any atom is 0.181 e. The summed E-state index contributed by atoms with van der Waals surface area (Å²) in [6.45, 7) is 1.68. The molecule has 1 nitrogen and oxygen atoms in total. The third kappa shape index (κ3) is 3.10. The van der Waals surface area contributed by atoms with E-state index >= 15 is 0 Å². The van der Waals surface area contributed by atoms with Crippen molar-refractivity contribution in [3.63, 3.8) is 0 Å². The van der Waals surface area contributed by atoms with Gasteiger partial charge in [-0.2, -0.15) is 0 Å². The third-order valence-electron chi connectivity index (χ3n) is 2.75. The molecule has 0 aromatic heterocycles. The number of nitrogens with one attached hydrogen (secondary N) is 1. The van der Waals surface area contributed by atoms with Crippen molar-refractivity contribution in [2.45, 2.75) is 13.0 Å². The van der Waals surface area contributed by atoms with Gasteiger partial charge in [-0.15, -0.1) is 0 Å². The van der Waals surface area contributed by atoms with Crippen LogP contribution in [0.5, 0.6) is 0 Å². The highest BCUT2D eigenvalue weighted by atomic mass is 79.9. The molecule has 0 saturated heterocycles. The van der Waals surface area contributed by atoms with Crippen molar-refractivity contribution in [1.82, 2.24) is 0 Å². The van der Waals surface area contributed by atoms with E-state index in [2.05, 4.69) is 21.2 Å². The Labute approximate surface area is 117 Å². The fraction of sp³-hybridized carbons (Fsp3) is 0.143. The van der Waals surface area contributed by atoms with Crippen LogP contribution in [-0.4, -0.2) is 0 Å². The predicted molar refractivity (Wildman–Crippen MR) is 72.5 cm³/mol. The SMILES string of the molecule is CC(Nc1cccc(F)c1F)c1cc(Br)ccc1F. The topological polar surface area (TPSA) is 12.0 Å². The molecule has 0 radical (unpaired) electrons. The predicted octanol–water partition coefficient (Wildman–Crippen LogP) is 5.04. The molecule has 5 heteroatoms. The fourth-order valence-electron chi connectivity index (χ4n) is 1.77. The summed E-state index contributed by atoms with van der Waals surface area (Å²) in [7, 11) is 0. The lowest BCUT2D eigenvalue weighted by Crippen LogP contribution is -2.10. The standard InChI is InChI=1S/C14H11BrF3N/c1-8(10-7-9(15)5-6-11(10)16)19-13-4-2-3-12(17)14(13)18/h2-8,19H,1H3. The first kappa shape index (κ1) is 13.9. The quantitative estimate of drug-likeness (QED) is 0.831.